The first-order valence-corrected chi connectivity index (χ1v) is 8.38. The Morgan fingerprint density at radius 3 is 2.27 bits per heavy atom. The number of carbonyl (C=O) groups is 1. The van der Waals surface area contributed by atoms with E-state index < -0.39 is 5.60 Å². The van der Waals surface area contributed by atoms with Crippen LogP contribution in [-0.4, -0.2) is 29.7 Å². The minimum Gasteiger partial charge on any atom is -0.444 e. The first-order chi connectivity index (χ1) is 9.71. The minimum atomic E-state index is -0.456. The summed E-state index contributed by atoms with van der Waals surface area (Å²) in [6, 6.07) is 0. The van der Waals surface area contributed by atoms with Gasteiger partial charge in [0.25, 0.3) is 0 Å². The summed E-state index contributed by atoms with van der Waals surface area (Å²) in [6.07, 6.45) is 3.20. The molecule has 3 nitrogen and oxygen atoms in total. The fourth-order valence-corrected chi connectivity index (χ4v) is 3.38. The predicted molar refractivity (Wildman–Crippen MR) is 92.9 cm³/mol. The summed E-state index contributed by atoms with van der Waals surface area (Å²) in [7, 11) is 0. The SMILES string of the molecule is C/C1=C/C(C)(C)CN(C(=O)OC(C)(C)C)CC(C)(C)CC1C. The van der Waals surface area contributed by atoms with Crippen LogP contribution < -0.4 is 0 Å². The average molecular weight is 309 g/mol. The van der Waals surface area contributed by atoms with E-state index in [9.17, 15) is 4.79 Å². The molecule has 128 valence electrons. The Morgan fingerprint density at radius 2 is 1.77 bits per heavy atom. The molecule has 0 saturated heterocycles. The van der Waals surface area contributed by atoms with Gasteiger partial charge in [-0.3, -0.25) is 0 Å². The summed E-state index contributed by atoms with van der Waals surface area (Å²) in [5.74, 6) is 0.535. The molecule has 0 aromatic heterocycles. The van der Waals surface area contributed by atoms with Crippen molar-refractivity contribution in [3.05, 3.63) is 11.6 Å². The van der Waals surface area contributed by atoms with Gasteiger partial charge >= 0.3 is 6.09 Å². The molecule has 0 fully saturated rings. The molecule has 0 aromatic rings. The lowest BCUT2D eigenvalue weighted by Crippen LogP contribution is -2.45. The van der Waals surface area contributed by atoms with Crippen molar-refractivity contribution in [1.82, 2.24) is 4.90 Å². The van der Waals surface area contributed by atoms with E-state index in [0.29, 0.717) is 12.5 Å². The Kier molecular flexibility index (Phi) is 5.42. The lowest BCUT2D eigenvalue weighted by Gasteiger charge is -2.37. The van der Waals surface area contributed by atoms with Gasteiger partial charge in [0.2, 0.25) is 0 Å². The molecule has 0 N–H and O–H groups in total. The monoisotopic (exact) mass is 309 g/mol. The average Bonchev–Trinajstić information content (AvgIpc) is 2.24. The van der Waals surface area contributed by atoms with Crippen molar-refractivity contribution < 1.29 is 9.53 Å². The zero-order valence-corrected chi connectivity index (χ0v) is 16.0. The van der Waals surface area contributed by atoms with E-state index in [-0.39, 0.29) is 16.9 Å². The van der Waals surface area contributed by atoms with Gasteiger partial charge in [-0.2, -0.15) is 0 Å². The summed E-state index contributed by atoms with van der Waals surface area (Å²) in [6.45, 7) is 20.6. The highest BCUT2D eigenvalue weighted by Gasteiger charge is 2.34. The largest absolute Gasteiger partial charge is 0.444 e. The quantitative estimate of drug-likeness (QED) is 0.571. The van der Waals surface area contributed by atoms with Crippen molar-refractivity contribution in [3.8, 4) is 0 Å². The van der Waals surface area contributed by atoms with Crippen molar-refractivity contribution in [2.75, 3.05) is 13.1 Å². The summed E-state index contributed by atoms with van der Waals surface area (Å²) < 4.78 is 5.62. The van der Waals surface area contributed by atoms with Crippen molar-refractivity contribution in [1.29, 1.82) is 0 Å². The van der Waals surface area contributed by atoms with E-state index in [1.54, 1.807) is 0 Å². The zero-order valence-electron chi connectivity index (χ0n) is 16.0. The highest BCUT2D eigenvalue weighted by atomic mass is 16.6. The van der Waals surface area contributed by atoms with Crippen molar-refractivity contribution >= 4 is 6.09 Å². The van der Waals surface area contributed by atoms with Gasteiger partial charge in [-0.05, 0) is 45.4 Å². The molecule has 1 amide bonds. The smallest absolute Gasteiger partial charge is 0.410 e. The summed E-state index contributed by atoms with van der Waals surface area (Å²) >= 11 is 0. The van der Waals surface area contributed by atoms with Gasteiger partial charge < -0.3 is 9.64 Å². The zero-order chi connectivity index (χ0) is 17.3. The maximum absolute atomic E-state index is 12.6. The second kappa shape index (κ2) is 6.25. The topological polar surface area (TPSA) is 29.5 Å². The van der Waals surface area contributed by atoms with Gasteiger partial charge in [0.15, 0.2) is 0 Å². The molecule has 0 bridgehead atoms. The molecule has 0 radical (unpaired) electrons. The van der Waals surface area contributed by atoms with Crippen LogP contribution in [0.15, 0.2) is 11.6 Å². The second-order valence-electron chi connectivity index (χ2n) is 9.48. The lowest BCUT2D eigenvalue weighted by atomic mass is 9.80. The third-order valence-electron chi connectivity index (χ3n) is 4.12. The fraction of sp³-hybridized carbons (Fsp3) is 0.842. The maximum Gasteiger partial charge on any atom is 0.410 e. The van der Waals surface area contributed by atoms with E-state index in [1.165, 1.54) is 5.57 Å². The molecule has 1 rings (SSSR count). The number of hydrogen-bond donors (Lipinski definition) is 0. The van der Waals surface area contributed by atoms with Gasteiger partial charge in [-0.15, -0.1) is 0 Å². The van der Waals surface area contributed by atoms with Crippen LogP contribution in [0, 0.1) is 16.7 Å². The molecule has 3 heteroatoms. The Labute approximate surface area is 137 Å². The maximum atomic E-state index is 12.6. The molecular weight excluding hydrogens is 274 g/mol. The first-order valence-electron chi connectivity index (χ1n) is 8.38. The van der Waals surface area contributed by atoms with Gasteiger partial charge in [-0.1, -0.05) is 46.3 Å². The highest BCUT2D eigenvalue weighted by molar-refractivity contribution is 5.68. The van der Waals surface area contributed by atoms with Crippen LogP contribution in [0.4, 0.5) is 4.79 Å². The third kappa shape index (κ3) is 6.02. The van der Waals surface area contributed by atoms with E-state index >= 15 is 0 Å². The van der Waals surface area contributed by atoms with Crippen LogP contribution in [0.3, 0.4) is 0 Å². The van der Waals surface area contributed by atoms with Crippen LogP contribution in [-0.2, 0) is 4.74 Å². The Morgan fingerprint density at radius 1 is 1.23 bits per heavy atom. The second-order valence-corrected chi connectivity index (χ2v) is 9.48. The molecule has 0 aromatic carbocycles. The van der Waals surface area contributed by atoms with E-state index in [0.717, 1.165) is 13.0 Å². The molecular formula is C19H35NO2. The Bertz CT molecular complexity index is 441. The summed E-state index contributed by atoms with van der Waals surface area (Å²) in [5, 5.41) is 0. The number of rotatable bonds is 0. The molecule has 0 saturated carbocycles. The van der Waals surface area contributed by atoms with Crippen LogP contribution in [0.25, 0.3) is 0 Å². The van der Waals surface area contributed by atoms with E-state index in [1.807, 2.05) is 25.7 Å². The van der Waals surface area contributed by atoms with Gasteiger partial charge in [-0.25, -0.2) is 4.79 Å². The summed E-state index contributed by atoms with van der Waals surface area (Å²) in [4.78, 5) is 14.5. The first kappa shape index (κ1) is 19.1. The fourth-order valence-electron chi connectivity index (χ4n) is 3.38. The van der Waals surface area contributed by atoms with Crippen molar-refractivity contribution in [3.63, 3.8) is 0 Å². The molecule has 1 aliphatic heterocycles. The number of hydrogen-bond acceptors (Lipinski definition) is 2. The number of carbonyl (C=O) groups excluding carboxylic acids is 1. The van der Waals surface area contributed by atoms with Crippen LogP contribution >= 0.6 is 0 Å². The van der Waals surface area contributed by atoms with Gasteiger partial charge in [0.05, 0.1) is 0 Å². The molecule has 22 heavy (non-hydrogen) atoms. The van der Waals surface area contributed by atoms with Gasteiger partial charge in [0.1, 0.15) is 5.60 Å². The number of allylic oxidation sites excluding steroid dienone is 1. The molecule has 1 aliphatic rings. The van der Waals surface area contributed by atoms with Crippen LogP contribution in [0.2, 0.25) is 0 Å². The summed E-state index contributed by atoms with van der Waals surface area (Å²) in [5.41, 5.74) is 0.994. The van der Waals surface area contributed by atoms with Crippen molar-refractivity contribution in [2.45, 2.75) is 74.3 Å². The van der Waals surface area contributed by atoms with Crippen LogP contribution in [0.1, 0.15) is 68.7 Å². The molecule has 1 atom stereocenters. The molecule has 1 heterocycles. The van der Waals surface area contributed by atoms with Crippen molar-refractivity contribution in [2.24, 2.45) is 16.7 Å². The minimum absolute atomic E-state index is 0.0460. The normalized spacial score (nSPS) is 28.0. The number of nitrogens with zero attached hydrogens (tertiary/aromatic N) is 1. The van der Waals surface area contributed by atoms with E-state index in [2.05, 4.69) is 47.6 Å². The number of ether oxygens (including phenoxy) is 1. The standard InChI is InChI=1S/C19H35NO2/c1-14-10-18(6,7)12-20(16(21)22-17(3,4)5)13-19(8,9)11-15(14)2/h10,15H,11-13H2,1-9H3/b14-10-. The third-order valence-corrected chi connectivity index (χ3v) is 4.12. The Balaban J connectivity index is 3.09. The lowest BCUT2D eigenvalue weighted by molar-refractivity contribution is 0.0116. The van der Waals surface area contributed by atoms with Gasteiger partial charge in [0, 0.05) is 18.5 Å². The van der Waals surface area contributed by atoms with Crippen LogP contribution in [0.5, 0.6) is 0 Å². The highest BCUT2D eigenvalue weighted by Crippen LogP contribution is 2.35. The number of amides is 1. The molecule has 1 unspecified atom stereocenters. The Hall–Kier alpha value is -0.990. The predicted octanol–water partition coefficient (Wildman–Crippen LogP) is 5.26. The molecule has 0 spiro atoms. The van der Waals surface area contributed by atoms with E-state index in [4.69, 9.17) is 4.74 Å². The molecule has 0 aliphatic carbocycles.